The van der Waals surface area contributed by atoms with Crippen molar-refractivity contribution in [2.45, 2.75) is 25.1 Å². The predicted octanol–water partition coefficient (Wildman–Crippen LogP) is 0.565. The number of amides is 1. The average Bonchev–Trinajstić information content (AvgIpc) is 2.06. The lowest BCUT2D eigenvalue weighted by Gasteiger charge is -2.22. The highest BCUT2D eigenvalue weighted by molar-refractivity contribution is 7.99. The van der Waals surface area contributed by atoms with Crippen molar-refractivity contribution in [2.75, 3.05) is 18.8 Å². The van der Waals surface area contributed by atoms with Crippen LogP contribution in [-0.4, -0.2) is 30.1 Å². The Bertz CT molecular complexity index is 146. The van der Waals surface area contributed by atoms with Crippen molar-refractivity contribution in [1.82, 2.24) is 10.6 Å². The van der Waals surface area contributed by atoms with Gasteiger partial charge in [0.2, 0.25) is 5.91 Å². The SMILES string of the molecule is CCNC(=O)CC1NCCCS1. The van der Waals surface area contributed by atoms with Crippen LogP contribution in [0.4, 0.5) is 0 Å². The molecule has 1 fully saturated rings. The number of carbonyl (C=O) groups is 1. The number of hydrogen-bond acceptors (Lipinski definition) is 3. The summed E-state index contributed by atoms with van der Waals surface area (Å²) in [6, 6.07) is 0. The molecule has 1 heterocycles. The van der Waals surface area contributed by atoms with E-state index in [1.54, 1.807) is 0 Å². The molecule has 0 aliphatic carbocycles. The van der Waals surface area contributed by atoms with E-state index >= 15 is 0 Å². The first-order chi connectivity index (χ1) is 5.83. The maximum absolute atomic E-state index is 11.1. The minimum Gasteiger partial charge on any atom is -0.356 e. The minimum absolute atomic E-state index is 0.157. The monoisotopic (exact) mass is 188 g/mol. The van der Waals surface area contributed by atoms with E-state index in [0.29, 0.717) is 11.8 Å². The Kier molecular flexibility index (Phi) is 4.46. The number of hydrogen-bond donors (Lipinski definition) is 2. The first kappa shape index (κ1) is 9.86. The quantitative estimate of drug-likeness (QED) is 0.680. The lowest BCUT2D eigenvalue weighted by atomic mass is 10.3. The molecular weight excluding hydrogens is 172 g/mol. The van der Waals surface area contributed by atoms with Gasteiger partial charge < -0.3 is 10.6 Å². The smallest absolute Gasteiger partial charge is 0.222 e. The Morgan fingerprint density at radius 1 is 1.75 bits per heavy atom. The van der Waals surface area contributed by atoms with Crippen LogP contribution in [-0.2, 0) is 4.79 Å². The minimum atomic E-state index is 0.157. The zero-order valence-corrected chi connectivity index (χ0v) is 8.25. The van der Waals surface area contributed by atoms with Crippen LogP contribution in [0.1, 0.15) is 19.8 Å². The van der Waals surface area contributed by atoms with E-state index in [0.717, 1.165) is 13.1 Å². The topological polar surface area (TPSA) is 41.1 Å². The lowest BCUT2D eigenvalue weighted by molar-refractivity contribution is -0.121. The van der Waals surface area contributed by atoms with Crippen molar-refractivity contribution in [3.63, 3.8) is 0 Å². The molecular formula is C8H16N2OS. The van der Waals surface area contributed by atoms with Crippen molar-refractivity contribution in [1.29, 1.82) is 0 Å². The fourth-order valence-electron chi connectivity index (χ4n) is 1.19. The highest BCUT2D eigenvalue weighted by atomic mass is 32.2. The van der Waals surface area contributed by atoms with Gasteiger partial charge in [-0.25, -0.2) is 0 Å². The standard InChI is InChI=1S/C8H16N2OS/c1-2-9-7(11)6-8-10-4-3-5-12-8/h8,10H,2-6H2,1H3,(H,9,11). The van der Waals surface area contributed by atoms with Gasteiger partial charge in [-0.1, -0.05) is 0 Å². The maximum atomic E-state index is 11.1. The molecule has 70 valence electrons. The maximum Gasteiger partial charge on any atom is 0.222 e. The number of thioether (sulfide) groups is 1. The summed E-state index contributed by atoms with van der Waals surface area (Å²) in [6.07, 6.45) is 1.83. The normalized spacial score (nSPS) is 23.6. The molecule has 0 aromatic heterocycles. The second kappa shape index (κ2) is 5.43. The van der Waals surface area contributed by atoms with Crippen LogP contribution < -0.4 is 10.6 Å². The van der Waals surface area contributed by atoms with E-state index in [9.17, 15) is 4.79 Å². The highest BCUT2D eigenvalue weighted by Gasteiger charge is 2.15. The van der Waals surface area contributed by atoms with Crippen molar-refractivity contribution in [3.8, 4) is 0 Å². The summed E-state index contributed by atoms with van der Waals surface area (Å²) in [4.78, 5) is 11.1. The Balaban J connectivity index is 2.15. The zero-order valence-electron chi connectivity index (χ0n) is 7.43. The molecule has 1 rings (SSSR count). The van der Waals surface area contributed by atoms with Crippen LogP contribution in [0.3, 0.4) is 0 Å². The zero-order chi connectivity index (χ0) is 8.81. The Hall–Kier alpha value is -0.220. The molecule has 1 unspecified atom stereocenters. The first-order valence-corrected chi connectivity index (χ1v) is 5.49. The third-order valence-corrected chi connectivity index (χ3v) is 3.02. The van der Waals surface area contributed by atoms with Gasteiger partial charge in [0.1, 0.15) is 0 Å². The number of rotatable bonds is 3. The summed E-state index contributed by atoms with van der Waals surface area (Å²) in [7, 11) is 0. The average molecular weight is 188 g/mol. The van der Waals surface area contributed by atoms with Gasteiger partial charge in [0.05, 0.1) is 11.8 Å². The van der Waals surface area contributed by atoms with Gasteiger partial charge in [-0.2, -0.15) is 0 Å². The second-order valence-electron chi connectivity index (χ2n) is 2.82. The molecule has 0 aromatic carbocycles. The van der Waals surface area contributed by atoms with Gasteiger partial charge in [0.15, 0.2) is 0 Å². The van der Waals surface area contributed by atoms with Gasteiger partial charge in [-0.05, 0) is 25.6 Å². The largest absolute Gasteiger partial charge is 0.356 e. The van der Waals surface area contributed by atoms with Gasteiger partial charge in [-0.15, -0.1) is 11.8 Å². The molecule has 1 atom stereocenters. The van der Waals surface area contributed by atoms with Crippen LogP contribution in [0.2, 0.25) is 0 Å². The Labute approximate surface area is 77.7 Å². The fraction of sp³-hybridized carbons (Fsp3) is 0.875. The van der Waals surface area contributed by atoms with Crippen molar-refractivity contribution < 1.29 is 4.79 Å². The van der Waals surface area contributed by atoms with Gasteiger partial charge >= 0.3 is 0 Å². The highest BCUT2D eigenvalue weighted by Crippen LogP contribution is 2.16. The summed E-state index contributed by atoms with van der Waals surface area (Å²) in [5.41, 5.74) is 0. The van der Waals surface area contributed by atoms with Crippen LogP contribution in [0.25, 0.3) is 0 Å². The second-order valence-corrected chi connectivity index (χ2v) is 4.14. The molecule has 1 aliphatic rings. The number of carbonyl (C=O) groups excluding carboxylic acids is 1. The predicted molar refractivity (Wildman–Crippen MR) is 52.2 cm³/mol. The van der Waals surface area contributed by atoms with Crippen LogP contribution in [0.5, 0.6) is 0 Å². The Morgan fingerprint density at radius 3 is 3.17 bits per heavy atom. The molecule has 0 spiro atoms. The van der Waals surface area contributed by atoms with E-state index in [4.69, 9.17) is 0 Å². The van der Waals surface area contributed by atoms with E-state index in [1.807, 2.05) is 18.7 Å². The Morgan fingerprint density at radius 2 is 2.58 bits per heavy atom. The summed E-state index contributed by atoms with van der Waals surface area (Å²) >= 11 is 1.85. The van der Waals surface area contributed by atoms with Crippen LogP contribution in [0, 0.1) is 0 Å². The fourth-order valence-corrected chi connectivity index (χ4v) is 2.29. The van der Waals surface area contributed by atoms with Crippen molar-refractivity contribution in [3.05, 3.63) is 0 Å². The van der Waals surface area contributed by atoms with Crippen LogP contribution >= 0.6 is 11.8 Å². The molecule has 1 amide bonds. The first-order valence-electron chi connectivity index (χ1n) is 4.44. The van der Waals surface area contributed by atoms with E-state index in [1.165, 1.54) is 12.2 Å². The van der Waals surface area contributed by atoms with Crippen molar-refractivity contribution >= 4 is 17.7 Å². The lowest BCUT2D eigenvalue weighted by Crippen LogP contribution is -2.37. The molecule has 0 aromatic rings. The molecule has 1 saturated heterocycles. The van der Waals surface area contributed by atoms with Gasteiger partial charge in [0.25, 0.3) is 0 Å². The molecule has 0 saturated carbocycles. The molecule has 4 heteroatoms. The summed E-state index contributed by atoms with van der Waals surface area (Å²) < 4.78 is 0. The number of nitrogens with one attached hydrogen (secondary N) is 2. The summed E-state index contributed by atoms with van der Waals surface area (Å²) in [6.45, 7) is 3.73. The summed E-state index contributed by atoms with van der Waals surface area (Å²) in [5.74, 6) is 1.33. The third-order valence-electron chi connectivity index (χ3n) is 1.76. The third kappa shape index (κ3) is 3.45. The van der Waals surface area contributed by atoms with Crippen molar-refractivity contribution in [2.24, 2.45) is 0 Å². The van der Waals surface area contributed by atoms with Gasteiger partial charge in [-0.3, -0.25) is 4.79 Å². The van der Waals surface area contributed by atoms with E-state index in [-0.39, 0.29) is 5.91 Å². The molecule has 0 radical (unpaired) electrons. The van der Waals surface area contributed by atoms with E-state index in [2.05, 4.69) is 10.6 Å². The van der Waals surface area contributed by atoms with Crippen LogP contribution in [0.15, 0.2) is 0 Å². The molecule has 1 aliphatic heterocycles. The molecule has 0 bridgehead atoms. The molecule has 12 heavy (non-hydrogen) atoms. The van der Waals surface area contributed by atoms with Gasteiger partial charge in [0, 0.05) is 6.54 Å². The molecule has 2 N–H and O–H groups in total. The molecule has 3 nitrogen and oxygen atoms in total. The van der Waals surface area contributed by atoms with E-state index < -0.39 is 0 Å². The summed E-state index contributed by atoms with van der Waals surface area (Å²) in [5, 5.41) is 6.45.